The number of hydrogen-bond donors (Lipinski definition) is 1. The molecule has 1 fully saturated rings. The molecule has 0 radical (unpaired) electrons. The van der Waals surface area contributed by atoms with Gasteiger partial charge in [-0.05, 0) is 63.4 Å². The molecule has 0 spiro atoms. The zero-order valence-corrected chi connectivity index (χ0v) is 21.3. The van der Waals surface area contributed by atoms with Crippen molar-refractivity contribution in [3.63, 3.8) is 0 Å². The predicted molar refractivity (Wildman–Crippen MR) is 139 cm³/mol. The molecule has 1 amide bonds. The smallest absolute Gasteiger partial charge is 0.354 e. The second-order valence-electron chi connectivity index (χ2n) is 9.61. The molecule has 1 aromatic heterocycles. The Hall–Kier alpha value is -3.70. The van der Waals surface area contributed by atoms with Crippen LogP contribution in [-0.2, 0) is 6.18 Å². The number of alkyl halides is 3. The van der Waals surface area contributed by atoms with Gasteiger partial charge < -0.3 is 14.8 Å². The summed E-state index contributed by atoms with van der Waals surface area (Å²) in [4.78, 5) is 34.1. The van der Waals surface area contributed by atoms with Gasteiger partial charge in [-0.15, -0.1) is 0 Å². The maximum atomic E-state index is 13.7. The van der Waals surface area contributed by atoms with Gasteiger partial charge >= 0.3 is 6.18 Å². The van der Waals surface area contributed by atoms with Crippen LogP contribution in [0, 0.1) is 10.1 Å². The van der Waals surface area contributed by atoms with Crippen LogP contribution in [0.25, 0.3) is 22.5 Å². The van der Waals surface area contributed by atoms with E-state index in [0.29, 0.717) is 24.3 Å². The van der Waals surface area contributed by atoms with Gasteiger partial charge in [-0.2, -0.15) is 13.2 Å². The molecule has 38 heavy (non-hydrogen) atoms. The van der Waals surface area contributed by atoms with Gasteiger partial charge in [0.2, 0.25) is 0 Å². The number of aromatic amines is 1. The molecule has 202 valence electrons. The average molecular weight is 530 g/mol. The molecule has 2 heterocycles. The zero-order valence-electron chi connectivity index (χ0n) is 21.3. The van der Waals surface area contributed by atoms with Crippen LogP contribution >= 0.6 is 0 Å². The van der Waals surface area contributed by atoms with Gasteiger partial charge in [0, 0.05) is 37.9 Å². The molecular formula is C27H30F3N5O3. The Kier molecular flexibility index (Phi) is 8.17. The van der Waals surface area contributed by atoms with Crippen molar-refractivity contribution in [3.05, 3.63) is 75.8 Å². The normalized spacial score (nSPS) is 14.7. The van der Waals surface area contributed by atoms with Crippen LogP contribution < -0.4 is 0 Å². The fraction of sp³-hybridized carbons (Fsp3) is 0.370. The summed E-state index contributed by atoms with van der Waals surface area (Å²) in [5.41, 5.74) is 0.627. The van der Waals surface area contributed by atoms with E-state index in [4.69, 9.17) is 0 Å². The molecular weight excluding hydrogens is 499 g/mol. The Morgan fingerprint density at radius 3 is 2.32 bits per heavy atom. The molecule has 8 nitrogen and oxygen atoms in total. The standard InChI is InChI=1S/C27H30F3N5O3/c1-32(2)12-5-13-33-14-16-34(17-15-33)26(36)22-18-23(19-8-10-20(11-9-19)27(28,29)30)31-25(22)21-6-3-4-7-24(21)35(37)38/h3-4,6-11,18,31H,5,12-17H2,1-2H3. The summed E-state index contributed by atoms with van der Waals surface area (Å²) in [6, 6.07) is 12.2. The first-order chi connectivity index (χ1) is 18.0. The van der Waals surface area contributed by atoms with E-state index >= 15 is 0 Å². The molecule has 1 N–H and O–H groups in total. The minimum atomic E-state index is -4.47. The van der Waals surface area contributed by atoms with Crippen LogP contribution in [0.2, 0.25) is 0 Å². The van der Waals surface area contributed by atoms with Crippen molar-refractivity contribution in [2.24, 2.45) is 0 Å². The molecule has 0 aliphatic carbocycles. The van der Waals surface area contributed by atoms with Gasteiger partial charge in [-0.25, -0.2) is 0 Å². The van der Waals surface area contributed by atoms with E-state index in [1.54, 1.807) is 29.2 Å². The van der Waals surface area contributed by atoms with Crippen molar-refractivity contribution >= 4 is 11.6 Å². The number of carbonyl (C=O) groups is 1. The van der Waals surface area contributed by atoms with Crippen molar-refractivity contribution in [1.82, 2.24) is 19.7 Å². The first-order valence-corrected chi connectivity index (χ1v) is 12.4. The summed E-state index contributed by atoms with van der Waals surface area (Å²) in [5, 5.41) is 11.7. The Labute approximate surface area is 218 Å². The van der Waals surface area contributed by atoms with Crippen molar-refractivity contribution in [3.8, 4) is 22.5 Å². The Bertz CT molecular complexity index is 1280. The third kappa shape index (κ3) is 6.22. The van der Waals surface area contributed by atoms with Gasteiger partial charge in [0.15, 0.2) is 0 Å². The number of para-hydroxylation sites is 1. The highest BCUT2D eigenvalue weighted by Crippen LogP contribution is 2.36. The van der Waals surface area contributed by atoms with Crippen molar-refractivity contribution in [1.29, 1.82) is 0 Å². The Balaban J connectivity index is 1.64. The number of nitro benzene ring substituents is 1. The van der Waals surface area contributed by atoms with Crippen LogP contribution in [0.4, 0.5) is 18.9 Å². The molecule has 4 rings (SSSR count). The largest absolute Gasteiger partial charge is 0.416 e. The van der Waals surface area contributed by atoms with Gasteiger partial charge in [0.05, 0.1) is 27.3 Å². The molecule has 3 aromatic rings. The first-order valence-electron chi connectivity index (χ1n) is 12.4. The average Bonchev–Trinajstić information content (AvgIpc) is 3.33. The van der Waals surface area contributed by atoms with Crippen LogP contribution in [0.3, 0.4) is 0 Å². The van der Waals surface area contributed by atoms with E-state index in [9.17, 15) is 28.1 Å². The van der Waals surface area contributed by atoms with E-state index in [2.05, 4.69) is 14.8 Å². The predicted octanol–water partition coefficient (Wildman–Crippen LogP) is 4.99. The van der Waals surface area contributed by atoms with Crippen molar-refractivity contribution < 1.29 is 22.9 Å². The monoisotopic (exact) mass is 529 g/mol. The van der Waals surface area contributed by atoms with Crippen LogP contribution in [0.5, 0.6) is 0 Å². The molecule has 0 unspecified atom stereocenters. The second-order valence-corrected chi connectivity index (χ2v) is 9.61. The Morgan fingerprint density at radius 1 is 1.05 bits per heavy atom. The molecule has 0 atom stereocenters. The summed E-state index contributed by atoms with van der Waals surface area (Å²) in [5.74, 6) is -0.277. The highest BCUT2D eigenvalue weighted by molar-refractivity contribution is 6.02. The van der Waals surface area contributed by atoms with Gasteiger partial charge in [0.25, 0.3) is 11.6 Å². The maximum absolute atomic E-state index is 13.7. The summed E-state index contributed by atoms with van der Waals surface area (Å²) in [6.45, 7) is 4.38. The lowest BCUT2D eigenvalue weighted by Crippen LogP contribution is -2.49. The quantitative estimate of drug-likeness (QED) is 0.329. The van der Waals surface area contributed by atoms with E-state index in [0.717, 1.165) is 44.7 Å². The van der Waals surface area contributed by atoms with E-state index in [-0.39, 0.29) is 28.4 Å². The molecule has 1 saturated heterocycles. The number of hydrogen-bond acceptors (Lipinski definition) is 5. The lowest BCUT2D eigenvalue weighted by Gasteiger charge is -2.35. The number of amides is 1. The highest BCUT2D eigenvalue weighted by Gasteiger charge is 2.31. The first kappa shape index (κ1) is 27.3. The molecule has 2 aromatic carbocycles. The van der Waals surface area contributed by atoms with Crippen LogP contribution in [0.15, 0.2) is 54.6 Å². The minimum absolute atomic E-state index is 0.173. The molecule has 1 aliphatic rings. The number of nitro groups is 1. The molecule has 1 aliphatic heterocycles. The fourth-order valence-electron chi connectivity index (χ4n) is 4.63. The molecule has 11 heteroatoms. The number of H-pyrrole nitrogens is 1. The number of halogens is 3. The lowest BCUT2D eigenvalue weighted by atomic mass is 10.0. The number of nitrogens with one attached hydrogen (secondary N) is 1. The van der Waals surface area contributed by atoms with E-state index in [1.165, 1.54) is 18.2 Å². The third-order valence-electron chi connectivity index (χ3n) is 6.68. The number of piperazine rings is 1. The van der Waals surface area contributed by atoms with Gasteiger partial charge in [0.1, 0.15) is 0 Å². The third-order valence-corrected chi connectivity index (χ3v) is 6.68. The van der Waals surface area contributed by atoms with E-state index in [1.807, 2.05) is 14.1 Å². The summed E-state index contributed by atoms with van der Waals surface area (Å²) < 4.78 is 39.1. The number of rotatable bonds is 8. The number of benzene rings is 2. The van der Waals surface area contributed by atoms with Crippen molar-refractivity contribution in [2.75, 3.05) is 53.4 Å². The summed E-state index contributed by atoms with van der Waals surface area (Å²) in [7, 11) is 4.06. The fourth-order valence-corrected chi connectivity index (χ4v) is 4.63. The van der Waals surface area contributed by atoms with Gasteiger partial charge in [-0.1, -0.05) is 24.3 Å². The highest BCUT2D eigenvalue weighted by atomic mass is 19.4. The SMILES string of the molecule is CN(C)CCCN1CCN(C(=O)c2cc(-c3ccc(C(F)(F)F)cc3)[nH]c2-c2ccccc2[N+](=O)[O-])CC1. The lowest BCUT2D eigenvalue weighted by molar-refractivity contribution is -0.384. The van der Waals surface area contributed by atoms with Crippen LogP contribution in [0.1, 0.15) is 22.3 Å². The second kappa shape index (κ2) is 11.4. The van der Waals surface area contributed by atoms with E-state index < -0.39 is 16.7 Å². The molecule has 0 saturated carbocycles. The van der Waals surface area contributed by atoms with Crippen LogP contribution in [-0.4, -0.2) is 83.9 Å². The summed E-state index contributed by atoms with van der Waals surface area (Å²) in [6.07, 6.45) is -3.45. The summed E-state index contributed by atoms with van der Waals surface area (Å²) >= 11 is 0. The van der Waals surface area contributed by atoms with Gasteiger partial charge in [-0.3, -0.25) is 19.8 Å². The number of aromatic nitrogens is 1. The number of nitrogens with zero attached hydrogens (tertiary/aromatic N) is 4. The topological polar surface area (TPSA) is 85.7 Å². The number of carbonyl (C=O) groups excluding carboxylic acids is 1. The maximum Gasteiger partial charge on any atom is 0.416 e. The molecule has 0 bridgehead atoms. The zero-order chi connectivity index (χ0) is 27.4. The van der Waals surface area contributed by atoms with Crippen molar-refractivity contribution in [2.45, 2.75) is 12.6 Å². The minimum Gasteiger partial charge on any atom is -0.354 e. The Morgan fingerprint density at radius 2 is 1.71 bits per heavy atom.